The minimum Gasteiger partial charge on any atom is -0.462 e. The molecule has 0 saturated carbocycles. The van der Waals surface area contributed by atoms with E-state index in [9.17, 15) is 9.59 Å². The second-order valence-corrected chi connectivity index (χ2v) is 8.25. The Hall–Kier alpha value is -3.25. The van der Waals surface area contributed by atoms with E-state index >= 15 is 0 Å². The van der Waals surface area contributed by atoms with E-state index in [2.05, 4.69) is 36.2 Å². The van der Waals surface area contributed by atoms with Crippen molar-refractivity contribution in [2.24, 2.45) is 0 Å². The van der Waals surface area contributed by atoms with Crippen molar-refractivity contribution in [1.29, 1.82) is 0 Å². The molecule has 158 valence electrons. The predicted molar refractivity (Wildman–Crippen MR) is 125 cm³/mol. The molecule has 0 atom stereocenters. The van der Waals surface area contributed by atoms with Gasteiger partial charge in [0.2, 0.25) is 0 Å². The zero-order chi connectivity index (χ0) is 21.8. The van der Waals surface area contributed by atoms with Crippen LogP contribution in [0.5, 0.6) is 0 Å². The van der Waals surface area contributed by atoms with Crippen LogP contribution in [0.4, 0.5) is 0 Å². The molecule has 0 spiro atoms. The third kappa shape index (κ3) is 4.44. The van der Waals surface area contributed by atoms with Gasteiger partial charge < -0.3 is 4.74 Å². The van der Waals surface area contributed by atoms with E-state index in [4.69, 9.17) is 4.74 Å². The molecule has 6 heteroatoms. The lowest BCUT2D eigenvalue weighted by Crippen LogP contribution is -2.21. The summed E-state index contributed by atoms with van der Waals surface area (Å²) in [6.07, 6.45) is 3.33. The number of thiophene rings is 1. The van der Waals surface area contributed by atoms with Gasteiger partial charge in [-0.25, -0.2) is 9.78 Å². The molecule has 0 unspecified atom stereocenters. The number of aryl methyl sites for hydroxylation is 1. The van der Waals surface area contributed by atoms with Crippen LogP contribution in [0.2, 0.25) is 0 Å². The van der Waals surface area contributed by atoms with Crippen LogP contribution in [0, 0.1) is 0 Å². The van der Waals surface area contributed by atoms with Gasteiger partial charge in [-0.1, -0.05) is 50.2 Å². The van der Waals surface area contributed by atoms with E-state index in [-0.39, 0.29) is 11.5 Å². The summed E-state index contributed by atoms with van der Waals surface area (Å²) >= 11 is 1.48. The van der Waals surface area contributed by atoms with Crippen LogP contribution in [0.25, 0.3) is 21.3 Å². The zero-order valence-corrected chi connectivity index (χ0v) is 18.4. The Labute approximate surface area is 185 Å². The van der Waals surface area contributed by atoms with Crippen LogP contribution in [-0.4, -0.2) is 22.1 Å². The van der Waals surface area contributed by atoms with E-state index in [1.807, 2.05) is 18.4 Å². The first-order chi connectivity index (χ1) is 15.1. The number of nitrogens with zero attached hydrogens (tertiary/aromatic N) is 2. The van der Waals surface area contributed by atoms with E-state index < -0.39 is 0 Å². The smallest absolute Gasteiger partial charge is 0.338 e. The minimum absolute atomic E-state index is 0.0835. The maximum Gasteiger partial charge on any atom is 0.338 e. The van der Waals surface area contributed by atoms with Gasteiger partial charge in [0.15, 0.2) is 0 Å². The average molecular weight is 433 g/mol. The topological polar surface area (TPSA) is 61.2 Å². The molecular formula is C25H24N2O3S. The molecule has 4 aromatic rings. The highest BCUT2D eigenvalue weighted by Gasteiger charge is 2.14. The predicted octanol–water partition coefficient (Wildman–Crippen LogP) is 5.30. The molecule has 0 fully saturated rings. The highest BCUT2D eigenvalue weighted by atomic mass is 32.1. The maximum atomic E-state index is 13.3. The summed E-state index contributed by atoms with van der Waals surface area (Å²) in [5, 5.41) is 2.63. The first-order valence-electron chi connectivity index (χ1n) is 10.4. The molecule has 0 bridgehead atoms. The Morgan fingerprint density at radius 2 is 1.90 bits per heavy atom. The molecule has 0 radical (unpaired) electrons. The lowest BCUT2D eigenvalue weighted by molar-refractivity contribution is 0.0505. The fraction of sp³-hybridized carbons (Fsp3) is 0.240. The molecule has 0 N–H and O–H groups in total. The molecule has 4 rings (SSSR count). The molecule has 0 amide bonds. The first-order valence-corrected chi connectivity index (χ1v) is 11.3. The fourth-order valence-corrected chi connectivity index (χ4v) is 4.39. The van der Waals surface area contributed by atoms with Crippen LogP contribution < -0.4 is 5.56 Å². The van der Waals surface area contributed by atoms with Crippen LogP contribution >= 0.6 is 11.3 Å². The summed E-state index contributed by atoms with van der Waals surface area (Å²) < 4.78 is 6.81. The van der Waals surface area contributed by atoms with Crippen molar-refractivity contribution in [2.45, 2.75) is 33.2 Å². The van der Waals surface area contributed by atoms with Crippen molar-refractivity contribution in [3.8, 4) is 11.1 Å². The Balaban J connectivity index is 1.67. The number of fused-ring (bicyclic) bond motifs is 1. The Bertz CT molecular complexity index is 1270. The first kappa shape index (κ1) is 21.0. The third-order valence-electron chi connectivity index (χ3n) is 5.19. The number of benzene rings is 2. The summed E-state index contributed by atoms with van der Waals surface area (Å²) in [6, 6.07) is 15.5. The maximum absolute atomic E-state index is 13.3. The van der Waals surface area contributed by atoms with Crippen LogP contribution in [0.15, 0.2) is 65.0 Å². The van der Waals surface area contributed by atoms with Crippen molar-refractivity contribution in [3.05, 3.63) is 87.3 Å². The van der Waals surface area contributed by atoms with Gasteiger partial charge in [0.25, 0.3) is 5.56 Å². The van der Waals surface area contributed by atoms with Crippen molar-refractivity contribution in [3.63, 3.8) is 0 Å². The standard InChI is InChI=1S/C25H24N2O3S/c1-3-12-30-25(29)20-7-5-6-18(13-20)14-27-16-26-23-22(24(27)28)21(15-31-23)19-10-8-17(4-2)9-11-19/h5-11,13,15-16H,3-4,12,14H2,1-2H3. The summed E-state index contributed by atoms with van der Waals surface area (Å²) in [7, 11) is 0. The number of hydrogen-bond acceptors (Lipinski definition) is 5. The van der Waals surface area contributed by atoms with Gasteiger partial charge >= 0.3 is 5.97 Å². The van der Waals surface area contributed by atoms with Crippen molar-refractivity contribution >= 4 is 27.5 Å². The van der Waals surface area contributed by atoms with Gasteiger partial charge in [-0.2, -0.15) is 0 Å². The Morgan fingerprint density at radius 1 is 1.10 bits per heavy atom. The summed E-state index contributed by atoms with van der Waals surface area (Å²) in [5.41, 5.74) is 4.43. The van der Waals surface area contributed by atoms with Gasteiger partial charge in [-0.3, -0.25) is 9.36 Å². The van der Waals surface area contributed by atoms with E-state index in [0.29, 0.717) is 24.1 Å². The zero-order valence-electron chi connectivity index (χ0n) is 17.6. The molecule has 2 heterocycles. The second-order valence-electron chi connectivity index (χ2n) is 7.39. The van der Waals surface area contributed by atoms with Crippen molar-refractivity contribution in [2.75, 3.05) is 6.61 Å². The largest absolute Gasteiger partial charge is 0.462 e. The second kappa shape index (κ2) is 9.27. The van der Waals surface area contributed by atoms with E-state index in [1.54, 1.807) is 29.1 Å². The fourth-order valence-electron chi connectivity index (χ4n) is 3.48. The third-order valence-corrected chi connectivity index (χ3v) is 6.07. The molecule has 0 aliphatic carbocycles. The van der Waals surface area contributed by atoms with Crippen molar-refractivity contribution < 1.29 is 9.53 Å². The minimum atomic E-state index is -0.347. The van der Waals surface area contributed by atoms with Crippen LogP contribution in [0.1, 0.15) is 41.8 Å². The number of carbonyl (C=O) groups is 1. The molecule has 31 heavy (non-hydrogen) atoms. The number of ether oxygens (including phenoxy) is 1. The molecular weight excluding hydrogens is 408 g/mol. The quantitative estimate of drug-likeness (QED) is 0.372. The Kier molecular flexibility index (Phi) is 6.28. The summed E-state index contributed by atoms with van der Waals surface area (Å²) in [4.78, 5) is 30.7. The molecule has 5 nitrogen and oxygen atoms in total. The molecule has 2 aromatic carbocycles. The number of esters is 1. The van der Waals surface area contributed by atoms with Gasteiger partial charge in [0.1, 0.15) is 4.83 Å². The normalized spacial score (nSPS) is 11.0. The lowest BCUT2D eigenvalue weighted by atomic mass is 10.0. The molecule has 0 saturated heterocycles. The monoisotopic (exact) mass is 432 g/mol. The van der Waals surface area contributed by atoms with Gasteiger partial charge in [-0.15, -0.1) is 11.3 Å². The van der Waals surface area contributed by atoms with E-state index in [1.165, 1.54) is 16.9 Å². The van der Waals surface area contributed by atoms with Crippen molar-refractivity contribution in [1.82, 2.24) is 9.55 Å². The number of rotatable bonds is 7. The lowest BCUT2D eigenvalue weighted by Gasteiger charge is -2.09. The number of aromatic nitrogens is 2. The highest BCUT2D eigenvalue weighted by Crippen LogP contribution is 2.30. The highest BCUT2D eigenvalue weighted by molar-refractivity contribution is 7.17. The SMILES string of the molecule is CCCOC(=O)c1cccc(Cn2cnc3scc(-c4ccc(CC)cc4)c3c2=O)c1. The van der Waals surface area contributed by atoms with Gasteiger partial charge in [0, 0.05) is 10.9 Å². The van der Waals surface area contributed by atoms with E-state index in [0.717, 1.165) is 34.4 Å². The Morgan fingerprint density at radius 3 is 2.65 bits per heavy atom. The molecule has 0 aliphatic heterocycles. The van der Waals surface area contributed by atoms with Gasteiger partial charge in [0.05, 0.1) is 30.4 Å². The summed E-state index contributed by atoms with van der Waals surface area (Å²) in [5.74, 6) is -0.347. The molecule has 2 aromatic heterocycles. The summed E-state index contributed by atoms with van der Waals surface area (Å²) in [6.45, 7) is 4.80. The molecule has 0 aliphatic rings. The number of carbonyl (C=O) groups excluding carboxylic acids is 1. The van der Waals surface area contributed by atoms with Gasteiger partial charge in [-0.05, 0) is 41.7 Å². The average Bonchev–Trinajstić information content (AvgIpc) is 3.24. The van der Waals surface area contributed by atoms with Crippen LogP contribution in [-0.2, 0) is 17.7 Å². The number of hydrogen-bond donors (Lipinski definition) is 0. The van der Waals surface area contributed by atoms with Crippen LogP contribution in [0.3, 0.4) is 0 Å².